The molecule has 0 saturated carbocycles. The number of amides is 1. The number of hydrogen-bond acceptors (Lipinski definition) is 4. The highest BCUT2D eigenvalue weighted by atomic mass is 32.2. The molecular formula is C12H24N2O3S. The minimum Gasteiger partial charge on any atom is -0.352 e. The second-order valence-electron chi connectivity index (χ2n) is 5.59. The maximum absolute atomic E-state index is 11.7. The van der Waals surface area contributed by atoms with Crippen molar-refractivity contribution in [3.63, 3.8) is 0 Å². The SMILES string of the molecule is CC(C)CS(=O)(=O)CC(=O)NC1CCNCC1C. The molecule has 0 radical (unpaired) electrons. The van der Waals surface area contributed by atoms with E-state index in [9.17, 15) is 13.2 Å². The smallest absolute Gasteiger partial charge is 0.235 e. The van der Waals surface area contributed by atoms with Gasteiger partial charge in [-0.1, -0.05) is 20.8 Å². The Morgan fingerprint density at radius 2 is 2.11 bits per heavy atom. The number of sulfone groups is 1. The number of rotatable bonds is 5. The zero-order valence-electron chi connectivity index (χ0n) is 11.4. The molecule has 0 aliphatic carbocycles. The molecule has 1 heterocycles. The van der Waals surface area contributed by atoms with Gasteiger partial charge in [0.05, 0.1) is 5.75 Å². The Labute approximate surface area is 110 Å². The topological polar surface area (TPSA) is 75.3 Å². The van der Waals surface area contributed by atoms with E-state index in [2.05, 4.69) is 17.6 Å². The zero-order valence-corrected chi connectivity index (χ0v) is 12.2. The van der Waals surface area contributed by atoms with Crippen molar-refractivity contribution in [1.29, 1.82) is 0 Å². The molecule has 1 aliphatic heterocycles. The number of hydrogen-bond donors (Lipinski definition) is 2. The van der Waals surface area contributed by atoms with E-state index in [0.29, 0.717) is 5.92 Å². The molecule has 1 fully saturated rings. The third-order valence-corrected chi connectivity index (χ3v) is 4.95. The zero-order chi connectivity index (χ0) is 13.8. The van der Waals surface area contributed by atoms with Crippen LogP contribution in [-0.4, -0.2) is 45.0 Å². The van der Waals surface area contributed by atoms with Gasteiger partial charge in [-0.05, 0) is 31.3 Å². The Kier molecular flexibility index (Phi) is 5.59. The summed E-state index contributed by atoms with van der Waals surface area (Å²) in [5.41, 5.74) is 0. The van der Waals surface area contributed by atoms with Crippen molar-refractivity contribution in [3.05, 3.63) is 0 Å². The van der Waals surface area contributed by atoms with Crippen molar-refractivity contribution >= 4 is 15.7 Å². The molecule has 1 amide bonds. The first kappa shape index (κ1) is 15.4. The molecule has 1 aliphatic rings. The molecule has 0 bridgehead atoms. The number of carbonyl (C=O) groups is 1. The lowest BCUT2D eigenvalue weighted by Crippen LogP contribution is -2.49. The van der Waals surface area contributed by atoms with Crippen molar-refractivity contribution < 1.29 is 13.2 Å². The highest BCUT2D eigenvalue weighted by molar-refractivity contribution is 7.92. The molecule has 6 heteroatoms. The summed E-state index contributed by atoms with van der Waals surface area (Å²) in [4.78, 5) is 11.7. The normalized spacial score (nSPS) is 25.1. The average Bonchev–Trinajstić information content (AvgIpc) is 2.18. The number of nitrogens with one attached hydrogen (secondary N) is 2. The van der Waals surface area contributed by atoms with Crippen LogP contribution in [-0.2, 0) is 14.6 Å². The summed E-state index contributed by atoms with van der Waals surface area (Å²) in [6, 6.07) is 0.0907. The van der Waals surface area contributed by atoms with Crippen molar-refractivity contribution in [1.82, 2.24) is 10.6 Å². The minimum absolute atomic E-state index is 0.0561. The van der Waals surface area contributed by atoms with Crippen LogP contribution in [0.1, 0.15) is 27.2 Å². The Hall–Kier alpha value is -0.620. The van der Waals surface area contributed by atoms with Crippen LogP contribution in [0.5, 0.6) is 0 Å². The van der Waals surface area contributed by atoms with Gasteiger partial charge in [-0.25, -0.2) is 8.42 Å². The Bertz CT molecular complexity index is 379. The summed E-state index contributed by atoms with van der Waals surface area (Å²) < 4.78 is 23.4. The lowest BCUT2D eigenvalue weighted by Gasteiger charge is -2.30. The van der Waals surface area contributed by atoms with Crippen LogP contribution in [0.2, 0.25) is 0 Å². The standard InChI is InChI=1S/C12H24N2O3S/c1-9(2)7-18(16,17)8-12(15)14-11-4-5-13-6-10(11)3/h9-11,13H,4-8H2,1-3H3,(H,14,15). The van der Waals surface area contributed by atoms with Crippen molar-refractivity contribution in [2.75, 3.05) is 24.6 Å². The quantitative estimate of drug-likeness (QED) is 0.751. The lowest BCUT2D eigenvalue weighted by molar-refractivity contribution is -0.119. The van der Waals surface area contributed by atoms with Crippen molar-refractivity contribution in [2.24, 2.45) is 11.8 Å². The average molecular weight is 276 g/mol. The maximum atomic E-state index is 11.7. The highest BCUT2D eigenvalue weighted by Crippen LogP contribution is 2.10. The molecule has 0 aromatic carbocycles. The molecule has 1 rings (SSSR count). The summed E-state index contributed by atoms with van der Waals surface area (Å²) in [7, 11) is -3.28. The van der Waals surface area contributed by atoms with E-state index in [0.717, 1.165) is 19.5 Å². The van der Waals surface area contributed by atoms with Gasteiger partial charge in [0, 0.05) is 6.04 Å². The van der Waals surface area contributed by atoms with Crippen LogP contribution in [0.25, 0.3) is 0 Å². The van der Waals surface area contributed by atoms with Crippen LogP contribution in [0, 0.1) is 11.8 Å². The number of carbonyl (C=O) groups excluding carboxylic acids is 1. The maximum Gasteiger partial charge on any atom is 0.235 e. The van der Waals surface area contributed by atoms with Gasteiger partial charge in [-0.3, -0.25) is 4.79 Å². The fourth-order valence-electron chi connectivity index (χ4n) is 2.24. The van der Waals surface area contributed by atoms with Crippen LogP contribution in [0.3, 0.4) is 0 Å². The predicted octanol–water partition coefficient (Wildman–Crippen LogP) is 0.171. The van der Waals surface area contributed by atoms with Gasteiger partial charge in [0.15, 0.2) is 9.84 Å². The van der Waals surface area contributed by atoms with E-state index in [-0.39, 0.29) is 29.4 Å². The van der Waals surface area contributed by atoms with Crippen LogP contribution < -0.4 is 10.6 Å². The predicted molar refractivity (Wildman–Crippen MR) is 72.1 cm³/mol. The molecule has 2 N–H and O–H groups in total. The Morgan fingerprint density at radius 1 is 1.44 bits per heavy atom. The van der Waals surface area contributed by atoms with E-state index < -0.39 is 9.84 Å². The molecule has 1 saturated heterocycles. The van der Waals surface area contributed by atoms with Gasteiger partial charge >= 0.3 is 0 Å². The monoisotopic (exact) mass is 276 g/mol. The van der Waals surface area contributed by atoms with E-state index in [1.165, 1.54) is 0 Å². The molecule has 2 atom stereocenters. The largest absolute Gasteiger partial charge is 0.352 e. The lowest BCUT2D eigenvalue weighted by atomic mass is 9.95. The van der Waals surface area contributed by atoms with Crippen LogP contribution >= 0.6 is 0 Å². The molecular weight excluding hydrogens is 252 g/mol. The van der Waals surface area contributed by atoms with E-state index in [4.69, 9.17) is 0 Å². The number of piperidine rings is 1. The second kappa shape index (κ2) is 6.52. The fraction of sp³-hybridized carbons (Fsp3) is 0.917. The van der Waals surface area contributed by atoms with Crippen molar-refractivity contribution in [3.8, 4) is 0 Å². The summed E-state index contributed by atoms with van der Waals surface area (Å²) in [6.07, 6.45) is 0.858. The van der Waals surface area contributed by atoms with E-state index in [1.54, 1.807) is 0 Å². The first-order valence-electron chi connectivity index (χ1n) is 6.50. The Morgan fingerprint density at radius 3 is 2.67 bits per heavy atom. The van der Waals surface area contributed by atoms with Gasteiger partial charge in [-0.15, -0.1) is 0 Å². The highest BCUT2D eigenvalue weighted by Gasteiger charge is 2.25. The van der Waals surface area contributed by atoms with E-state index >= 15 is 0 Å². The summed E-state index contributed by atoms with van der Waals surface area (Å²) in [5, 5.41) is 6.08. The molecule has 5 nitrogen and oxygen atoms in total. The second-order valence-corrected chi connectivity index (χ2v) is 7.70. The summed E-state index contributed by atoms with van der Waals surface area (Å²) >= 11 is 0. The first-order valence-corrected chi connectivity index (χ1v) is 8.33. The fourth-order valence-corrected chi connectivity index (χ4v) is 3.86. The molecule has 0 spiro atoms. The van der Waals surface area contributed by atoms with Crippen molar-refractivity contribution in [2.45, 2.75) is 33.2 Å². The summed E-state index contributed by atoms with van der Waals surface area (Å²) in [6.45, 7) is 7.46. The summed E-state index contributed by atoms with van der Waals surface area (Å²) in [5.74, 6) is -0.283. The van der Waals surface area contributed by atoms with Crippen LogP contribution in [0.15, 0.2) is 0 Å². The third kappa shape index (κ3) is 5.35. The third-order valence-electron chi connectivity index (χ3n) is 3.07. The molecule has 2 unspecified atom stereocenters. The minimum atomic E-state index is -3.28. The molecule has 0 aromatic rings. The Balaban J connectivity index is 2.46. The van der Waals surface area contributed by atoms with Gasteiger partial charge in [0.2, 0.25) is 5.91 Å². The molecule has 106 valence electrons. The first-order chi connectivity index (χ1) is 8.30. The van der Waals surface area contributed by atoms with Gasteiger partial charge < -0.3 is 10.6 Å². The molecule has 18 heavy (non-hydrogen) atoms. The van der Waals surface area contributed by atoms with E-state index in [1.807, 2.05) is 13.8 Å². The van der Waals surface area contributed by atoms with Gasteiger partial charge in [0.1, 0.15) is 5.75 Å². The van der Waals surface area contributed by atoms with Crippen LogP contribution in [0.4, 0.5) is 0 Å². The van der Waals surface area contributed by atoms with Gasteiger partial charge in [-0.2, -0.15) is 0 Å². The molecule has 0 aromatic heterocycles. The van der Waals surface area contributed by atoms with Gasteiger partial charge in [0.25, 0.3) is 0 Å².